The van der Waals surface area contributed by atoms with Crippen molar-refractivity contribution in [3.8, 4) is 10.8 Å². The van der Waals surface area contributed by atoms with E-state index in [-0.39, 0.29) is 24.5 Å². The molecule has 30 heavy (non-hydrogen) atoms. The van der Waals surface area contributed by atoms with Crippen LogP contribution in [0.25, 0.3) is 10.8 Å². The number of carbonyl (C=O) groups excluding carboxylic acids is 1. The van der Waals surface area contributed by atoms with Gasteiger partial charge < -0.3 is 14.5 Å². The maximum absolute atomic E-state index is 12.5. The summed E-state index contributed by atoms with van der Waals surface area (Å²) in [5.41, 5.74) is 3.15. The highest BCUT2D eigenvalue weighted by molar-refractivity contribution is 7.13. The number of nitrogens with zero attached hydrogens (tertiary/aromatic N) is 2. The Morgan fingerprint density at radius 2 is 1.93 bits per heavy atom. The fraction of sp³-hybridized carbons (Fsp3) is 0.391. The highest BCUT2D eigenvalue weighted by Gasteiger charge is 2.22. The number of rotatable bonds is 7. The van der Waals surface area contributed by atoms with Crippen molar-refractivity contribution in [2.75, 3.05) is 13.1 Å². The summed E-state index contributed by atoms with van der Waals surface area (Å²) in [5.74, 6) is 0.696. The molecule has 1 amide bonds. The van der Waals surface area contributed by atoms with Gasteiger partial charge in [0.05, 0.1) is 30.6 Å². The van der Waals surface area contributed by atoms with Gasteiger partial charge in [0.1, 0.15) is 0 Å². The topological polar surface area (TPSA) is 67.6 Å². The lowest BCUT2D eigenvalue weighted by Gasteiger charge is -2.35. The van der Waals surface area contributed by atoms with E-state index in [9.17, 15) is 4.79 Å². The number of benzene rings is 1. The van der Waals surface area contributed by atoms with Crippen molar-refractivity contribution in [2.24, 2.45) is 0 Å². The minimum absolute atomic E-state index is 0.0327. The van der Waals surface area contributed by atoms with Crippen molar-refractivity contribution in [2.45, 2.75) is 45.6 Å². The van der Waals surface area contributed by atoms with Gasteiger partial charge in [0, 0.05) is 31.6 Å². The molecule has 0 bridgehead atoms. The molecule has 2 aromatic heterocycles. The van der Waals surface area contributed by atoms with E-state index in [2.05, 4.69) is 47.2 Å². The van der Waals surface area contributed by atoms with Crippen molar-refractivity contribution < 1.29 is 13.9 Å². The van der Waals surface area contributed by atoms with E-state index < -0.39 is 0 Å². The average molecular weight is 426 g/mol. The Balaban J connectivity index is 1.33. The molecule has 2 atom stereocenters. The fourth-order valence-corrected chi connectivity index (χ4v) is 4.65. The number of carbonyl (C=O) groups is 1. The van der Waals surface area contributed by atoms with Crippen LogP contribution >= 0.6 is 11.3 Å². The van der Waals surface area contributed by atoms with E-state index in [0.717, 1.165) is 41.7 Å². The van der Waals surface area contributed by atoms with E-state index in [1.165, 1.54) is 16.9 Å². The zero-order valence-corrected chi connectivity index (χ0v) is 18.2. The summed E-state index contributed by atoms with van der Waals surface area (Å²) in [4.78, 5) is 19.4. The van der Waals surface area contributed by atoms with Gasteiger partial charge in [-0.1, -0.05) is 24.3 Å². The summed E-state index contributed by atoms with van der Waals surface area (Å²) >= 11 is 1.49. The predicted molar refractivity (Wildman–Crippen MR) is 117 cm³/mol. The Morgan fingerprint density at radius 3 is 2.67 bits per heavy atom. The number of morpholine rings is 1. The monoisotopic (exact) mass is 425 g/mol. The van der Waals surface area contributed by atoms with Gasteiger partial charge in [-0.3, -0.25) is 9.69 Å². The lowest BCUT2D eigenvalue weighted by Crippen LogP contribution is -2.45. The molecule has 0 radical (unpaired) electrons. The Kier molecular flexibility index (Phi) is 6.62. The van der Waals surface area contributed by atoms with Crippen molar-refractivity contribution in [1.29, 1.82) is 0 Å². The quantitative estimate of drug-likeness (QED) is 0.622. The van der Waals surface area contributed by atoms with Gasteiger partial charge in [0.25, 0.3) is 0 Å². The molecule has 0 saturated carbocycles. The van der Waals surface area contributed by atoms with Gasteiger partial charge in [-0.2, -0.15) is 0 Å². The molecular formula is C23H27N3O3S. The van der Waals surface area contributed by atoms with Crippen LogP contribution in [0.4, 0.5) is 0 Å². The molecule has 3 aromatic rings. The molecule has 0 spiro atoms. The number of ether oxygens (including phenoxy) is 1. The van der Waals surface area contributed by atoms with Crippen LogP contribution in [0, 0.1) is 0 Å². The second-order valence-electron chi connectivity index (χ2n) is 7.79. The van der Waals surface area contributed by atoms with Gasteiger partial charge >= 0.3 is 0 Å². The number of hydrogen-bond acceptors (Lipinski definition) is 6. The SMILES string of the molecule is C[C@H]1CN(Cc2ccccc2CNC(=O)Cc2csc(-c3ccco3)n2)C[C@H](C)O1. The standard InChI is InChI=1S/C23H27N3O3S/c1-16-12-26(13-17(2)29-16)14-19-7-4-3-6-18(19)11-24-22(27)10-20-15-30-23(25-20)21-8-5-9-28-21/h3-9,15-17H,10-14H2,1-2H3,(H,24,27)/t16-,17-/m0/s1. The van der Waals surface area contributed by atoms with E-state index in [0.29, 0.717) is 6.54 Å². The molecule has 158 valence electrons. The molecule has 0 unspecified atom stereocenters. The number of nitrogens with one attached hydrogen (secondary N) is 1. The minimum Gasteiger partial charge on any atom is -0.462 e. The Hall–Kier alpha value is -2.48. The molecule has 0 aliphatic carbocycles. The summed E-state index contributed by atoms with van der Waals surface area (Å²) < 4.78 is 11.2. The van der Waals surface area contributed by atoms with Gasteiger partial charge in [0.15, 0.2) is 10.8 Å². The molecule has 4 rings (SSSR count). The second-order valence-corrected chi connectivity index (χ2v) is 8.65. The third-order valence-electron chi connectivity index (χ3n) is 5.11. The van der Waals surface area contributed by atoms with Crippen LogP contribution < -0.4 is 5.32 Å². The third kappa shape index (κ3) is 5.36. The first kappa shape index (κ1) is 20.8. The largest absolute Gasteiger partial charge is 0.462 e. The van der Waals surface area contributed by atoms with E-state index in [1.807, 2.05) is 23.6 Å². The fourth-order valence-electron chi connectivity index (χ4n) is 3.86. The number of thiazole rings is 1. The van der Waals surface area contributed by atoms with Gasteiger partial charge in [-0.15, -0.1) is 11.3 Å². The highest BCUT2D eigenvalue weighted by atomic mass is 32.1. The van der Waals surface area contributed by atoms with Gasteiger partial charge in [-0.05, 0) is 37.1 Å². The normalized spacial score (nSPS) is 19.7. The van der Waals surface area contributed by atoms with E-state index in [1.54, 1.807) is 6.26 Å². The van der Waals surface area contributed by atoms with Crippen molar-refractivity contribution >= 4 is 17.2 Å². The Labute approximate surface area is 180 Å². The van der Waals surface area contributed by atoms with Crippen LogP contribution in [0.1, 0.15) is 30.7 Å². The van der Waals surface area contributed by atoms with Crippen LogP contribution in [-0.4, -0.2) is 41.1 Å². The van der Waals surface area contributed by atoms with Crippen LogP contribution in [0.3, 0.4) is 0 Å². The van der Waals surface area contributed by atoms with Crippen molar-refractivity contribution in [1.82, 2.24) is 15.2 Å². The lowest BCUT2D eigenvalue weighted by molar-refractivity contribution is -0.120. The molecule has 1 aromatic carbocycles. The van der Waals surface area contributed by atoms with Crippen molar-refractivity contribution in [3.05, 3.63) is 64.9 Å². The predicted octanol–water partition coefficient (Wildman–Crippen LogP) is 3.87. The van der Waals surface area contributed by atoms with Gasteiger partial charge in [-0.25, -0.2) is 4.98 Å². The summed E-state index contributed by atoms with van der Waals surface area (Å²) in [6.45, 7) is 7.46. The van der Waals surface area contributed by atoms with Crippen LogP contribution in [0.5, 0.6) is 0 Å². The van der Waals surface area contributed by atoms with Crippen LogP contribution in [0.2, 0.25) is 0 Å². The zero-order valence-electron chi connectivity index (χ0n) is 17.3. The molecule has 1 saturated heterocycles. The maximum Gasteiger partial charge on any atom is 0.226 e. The lowest BCUT2D eigenvalue weighted by atomic mass is 10.1. The molecule has 1 fully saturated rings. The number of amides is 1. The highest BCUT2D eigenvalue weighted by Crippen LogP contribution is 2.24. The van der Waals surface area contributed by atoms with Crippen molar-refractivity contribution in [3.63, 3.8) is 0 Å². The van der Waals surface area contributed by atoms with E-state index in [4.69, 9.17) is 9.15 Å². The Morgan fingerprint density at radius 1 is 1.17 bits per heavy atom. The van der Waals surface area contributed by atoms with Crippen LogP contribution in [-0.2, 0) is 29.0 Å². The third-order valence-corrected chi connectivity index (χ3v) is 6.01. The molecule has 1 N–H and O–H groups in total. The molecule has 1 aliphatic heterocycles. The summed E-state index contributed by atoms with van der Waals surface area (Å²) in [7, 11) is 0. The first-order valence-electron chi connectivity index (χ1n) is 10.3. The summed E-state index contributed by atoms with van der Waals surface area (Å²) in [6, 6.07) is 12.0. The number of hydrogen-bond donors (Lipinski definition) is 1. The number of aromatic nitrogens is 1. The molecule has 7 heteroatoms. The molecular weight excluding hydrogens is 398 g/mol. The van der Waals surface area contributed by atoms with E-state index >= 15 is 0 Å². The smallest absolute Gasteiger partial charge is 0.226 e. The zero-order chi connectivity index (χ0) is 20.9. The maximum atomic E-state index is 12.5. The first-order chi connectivity index (χ1) is 14.6. The average Bonchev–Trinajstić information content (AvgIpc) is 3.38. The molecule has 6 nitrogen and oxygen atoms in total. The summed E-state index contributed by atoms with van der Waals surface area (Å²) in [6.07, 6.45) is 2.37. The van der Waals surface area contributed by atoms with Gasteiger partial charge in [0.2, 0.25) is 5.91 Å². The minimum atomic E-state index is -0.0327. The molecule has 1 aliphatic rings. The molecule has 3 heterocycles. The summed E-state index contributed by atoms with van der Waals surface area (Å²) in [5, 5.41) is 5.75. The van der Waals surface area contributed by atoms with Crippen LogP contribution in [0.15, 0.2) is 52.5 Å². The number of furan rings is 1. The first-order valence-corrected chi connectivity index (χ1v) is 11.1. The Bertz CT molecular complexity index is 960. The second kappa shape index (κ2) is 9.55.